The van der Waals surface area contributed by atoms with Gasteiger partial charge in [0.05, 0.1) is 6.20 Å². The van der Waals surface area contributed by atoms with Gasteiger partial charge in [0.2, 0.25) is 11.7 Å². The van der Waals surface area contributed by atoms with E-state index >= 15 is 0 Å². The van der Waals surface area contributed by atoms with Crippen molar-refractivity contribution < 1.29 is 4.52 Å². The van der Waals surface area contributed by atoms with Crippen molar-refractivity contribution in [2.75, 3.05) is 5.32 Å². The monoisotopic (exact) mass is 265 g/mol. The van der Waals surface area contributed by atoms with Crippen LogP contribution >= 0.6 is 0 Å². The van der Waals surface area contributed by atoms with Gasteiger partial charge in [-0.2, -0.15) is 4.98 Å². The molecule has 0 amide bonds. The van der Waals surface area contributed by atoms with Crippen molar-refractivity contribution in [3.8, 4) is 11.5 Å². The van der Waals surface area contributed by atoms with Crippen molar-refractivity contribution >= 4 is 5.69 Å². The minimum absolute atomic E-state index is 0.0188. The number of benzene rings is 1. The topological polar surface area (TPSA) is 76.7 Å². The van der Waals surface area contributed by atoms with Crippen LogP contribution in [-0.4, -0.2) is 20.1 Å². The Morgan fingerprint density at radius 3 is 3.00 bits per heavy atom. The Bertz CT molecular complexity index is 715. The van der Waals surface area contributed by atoms with Crippen LogP contribution in [0.1, 0.15) is 17.5 Å². The molecule has 0 bridgehead atoms. The molecule has 98 valence electrons. The van der Waals surface area contributed by atoms with E-state index in [1.807, 2.05) is 12.1 Å². The maximum absolute atomic E-state index is 5.34. The third-order valence-corrected chi connectivity index (χ3v) is 3.30. The summed E-state index contributed by atoms with van der Waals surface area (Å²) >= 11 is 0. The van der Waals surface area contributed by atoms with E-state index in [-0.39, 0.29) is 6.04 Å². The summed E-state index contributed by atoms with van der Waals surface area (Å²) in [6, 6.07) is 8.21. The summed E-state index contributed by atoms with van der Waals surface area (Å²) < 4.78 is 5.34. The van der Waals surface area contributed by atoms with Gasteiger partial charge in [-0.15, -0.1) is 0 Å². The lowest BCUT2D eigenvalue weighted by Crippen LogP contribution is -2.05. The highest BCUT2D eigenvalue weighted by molar-refractivity contribution is 5.57. The molecule has 0 aliphatic carbocycles. The van der Waals surface area contributed by atoms with Crippen molar-refractivity contribution in [1.29, 1.82) is 0 Å². The van der Waals surface area contributed by atoms with E-state index in [2.05, 4.69) is 37.6 Å². The predicted octanol–water partition coefficient (Wildman–Crippen LogP) is 2.24. The molecule has 1 aliphatic heterocycles. The first-order valence-electron chi connectivity index (χ1n) is 6.34. The van der Waals surface area contributed by atoms with Crippen molar-refractivity contribution in [3.63, 3.8) is 0 Å². The highest BCUT2D eigenvalue weighted by Gasteiger charge is 2.26. The summed E-state index contributed by atoms with van der Waals surface area (Å²) in [7, 11) is 0. The molecule has 0 saturated carbocycles. The maximum atomic E-state index is 5.34. The molecule has 1 N–H and O–H groups in total. The number of aromatic nitrogens is 4. The fourth-order valence-electron chi connectivity index (χ4n) is 2.34. The van der Waals surface area contributed by atoms with Crippen LogP contribution < -0.4 is 5.32 Å². The number of nitrogens with one attached hydrogen (secondary N) is 1. The van der Waals surface area contributed by atoms with E-state index in [9.17, 15) is 0 Å². The number of fused-ring (bicyclic) bond motifs is 1. The van der Waals surface area contributed by atoms with Gasteiger partial charge in [-0.3, -0.25) is 4.98 Å². The molecule has 1 aliphatic rings. The van der Waals surface area contributed by atoms with Crippen LogP contribution in [0, 0.1) is 0 Å². The van der Waals surface area contributed by atoms with Gasteiger partial charge in [-0.1, -0.05) is 23.4 Å². The molecular formula is C14H11N5O. The van der Waals surface area contributed by atoms with Crippen LogP contribution in [-0.2, 0) is 6.42 Å². The van der Waals surface area contributed by atoms with Gasteiger partial charge in [-0.05, 0) is 11.6 Å². The molecule has 2 aromatic heterocycles. The van der Waals surface area contributed by atoms with Gasteiger partial charge >= 0.3 is 0 Å². The maximum Gasteiger partial charge on any atom is 0.249 e. The van der Waals surface area contributed by atoms with E-state index in [1.54, 1.807) is 18.6 Å². The molecule has 6 heteroatoms. The lowest BCUT2D eigenvalue weighted by molar-refractivity contribution is 0.364. The molecule has 1 atom stereocenters. The number of rotatable bonds is 2. The Hall–Kier alpha value is -2.76. The second-order valence-corrected chi connectivity index (χ2v) is 4.61. The van der Waals surface area contributed by atoms with Crippen LogP contribution in [0.5, 0.6) is 0 Å². The minimum atomic E-state index is 0.0188. The number of hydrogen-bond acceptors (Lipinski definition) is 6. The summed E-state index contributed by atoms with van der Waals surface area (Å²) in [5.74, 6) is 1.03. The first kappa shape index (κ1) is 11.1. The third-order valence-electron chi connectivity index (χ3n) is 3.30. The van der Waals surface area contributed by atoms with Crippen molar-refractivity contribution in [2.45, 2.75) is 12.5 Å². The zero-order chi connectivity index (χ0) is 13.4. The van der Waals surface area contributed by atoms with E-state index in [4.69, 9.17) is 4.52 Å². The van der Waals surface area contributed by atoms with Gasteiger partial charge in [-0.25, -0.2) is 4.98 Å². The average Bonchev–Trinajstić information content (AvgIpc) is 3.14. The molecule has 1 unspecified atom stereocenters. The smallest absolute Gasteiger partial charge is 0.249 e. The second kappa shape index (κ2) is 4.41. The number of para-hydroxylation sites is 1. The van der Waals surface area contributed by atoms with Gasteiger partial charge in [0, 0.05) is 24.5 Å². The molecule has 0 saturated heterocycles. The van der Waals surface area contributed by atoms with Gasteiger partial charge in [0.25, 0.3) is 0 Å². The Morgan fingerprint density at radius 1 is 1.20 bits per heavy atom. The van der Waals surface area contributed by atoms with E-state index in [1.165, 1.54) is 5.56 Å². The standard InChI is InChI=1S/C14H11N5O/c1-2-4-10-9(3-1)7-11(17-10)14-18-13(19-20-14)12-8-15-5-6-16-12/h1-6,8,11,17H,7H2. The number of hydrogen-bond donors (Lipinski definition) is 1. The summed E-state index contributed by atoms with van der Waals surface area (Å²) in [4.78, 5) is 12.6. The molecule has 3 aromatic rings. The molecular weight excluding hydrogens is 254 g/mol. The first-order chi connectivity index (χ1) is 9.90. The first-order valence-corrected chi connectivity index (χ1v) is 6.34. The molecule has 20 heavy (non-hydrogen) atoms. The van der Waals surface area contributed by atoms with Crippen molar-refractivity contribution in [1.82, 2.24) is 20.1 Å². The van der Waals surface area contributed by atoms with Crippen LogP contribution in [0.4, 0.5) is 5.69 Å². The number of anilines is 1. The SMILES string of the molecule is c1ccc2c(c1)CC(c1nc(-c3cnccn3)no1)N2. The largest absolute Gasteiger partial charge is 0.373 e. The fraction of sp³-hybridized carbons (Fsp3) is 0.143. The molecule has 1 aromatic carbocycles. The average molecular weight is 265 g/mol. The lowest BCUT2D eigenvalue weighted by Gasteiger charge is -2.04. The molecule has 3 heterocycles. The van der Waals surface area contributed by atoms with Crippen LogP contribution in [0.2, 0.25) is 0 Å². The van der Waals surface area contributed by atoms with E-state index in [0.29, 0.717) is 17.4 Å². The fourth-order valence-corrected chi connectivity index (χ4v) is 2.34. The quantitative estimate of drug-likeness (QED) is 0.765. The normalized spacial score (nSPS) is 16.7. The molecule has 6 nitrogen and oxygen atoms in total. The number of nitrogens with zero attached hydrogens (tertiary/aromatic N) is 4. The predicted molar refractivity (Wildman–Crippen MR) is 71.8 cm³/mol. The van der Waals surface area contributed by atoms with Crippen LogP contribution in [0.15, 0.2) is 47.4 Å². The highest BCUT2D eigenvalue weighted by atomic mass is 16.5. The van der Waals surface area contributed by atoms with E-state index < -0.39 is 0 Å². The lowest BCUT2D eigenvalue weighted by atomic mass is 10.1. The second-order valence-electron chi connectivity index (χ2n) is 4.61. The molecule has 0 fully saturated rings. The van der Waals surface area contributed by atoms with Gasteiger partial charge in [0.15, 0.2) is 0 Å². The summed E-state index contributed by atoms with van der Waals surface area (Å²) in [5.41, 5.74) is 2.99. The summed E-state index contributed by atoms with van der Waals surface area (Å²) in [6.07, 6.45) is 5.68. The van der Waals surface area contributed by atoms with Crippen molar-refractivity contribution in [3.05, 3.63) is 54.3 Å². The molecule has 4 rings (SSSR count). The summed E-state index contributed by atoms with van der Waals surface area (Å²) in [5, 5.41) is 7.35. The van der Waals surface area contributed by atoms with Crippen LogP contribution in [0.3, 0.4) is 0 Å². The minimum Gasteiger partial charge on any atom is -0.373 e. The zero-order valence-electron chi connectivity index (χ0n) is 10.5. The summed E-state index contributed by atoms with van der Waals surface area (Å²) in [6.45, 7) is 0. The Morgan fingerprint density at radius 2 is 2.15 bits per heavy atom. The van der Waals surface area contributed by atoms with Crippen molar-refractivity contribution in [2.24, 2.45) is 0 Å². The van der Waals surface area contributed by atoms with E-state index in [0.717, 1.165) is 12.1 Å². The Balaban J connectivity index is 1.61. The van der Waals surface area contributed by atoms with Gasteiger partial charge < -0.3 is 9.84 Å². The van der Waals surface area contributed by atoms with Crippen LogP contribution in [0.25, 0.3) is 11.5 Å². The third kappa shape index (κ3) is 1.82. The molecule has 0 radical (unpaired) electrons. The van der Waals surface area contributed by atoms with Gasteiger partial charge in [0.1, 0.15) is 11.7 Å². The Labute approximate surface area is 114 Å². The Kier molecular flexibility index (Phi) is 2.45. The molecule has 0 spiro atoms. The zero-order valence-corrected chi connectivity index (χ0v) is 10.5. The highest BCUT2D eigenvalue weighted by Crippen LogP contribution is 2.33.